The highest BCUT2D eigenvalue weighted by molar-refractivity contribution is 6.32. The van der Waals surface area contributed by atoms with Gasteiger partial charge in [-0.2, -0.15) is 0 Å². The molecule has 23 heavy (non-hydrogen) atoms. The van der Waals surface area contributed by atoms with Crippen LogP contribution in [-0.4, -0.2) is 29.9 Å². The summed E-state index contributed by atoms with van der Waals surface area (Å²) < 4.78 is 5.04. The van der Waals surface area contributed by atoms with E-state index in [0.717, 1.165) is 25.7 Å². The quantitative estimate of drug-likeness (QED) is 0.371. The van der Waals surface area contributed by atoms with Gasteiger partial charge in [0, 0.05) is 17.8 Å². The second-order valence-electron chi connectivity index (χ2n) is 5.53. The van der Waals surface area contributed by atoms with E-state index in [0.29, 0.717) is 10.6 Å². The first-order valence-electron chi connectivity index (χ1n) is 8.02. The zero-order valence-corrected chi connectivity index (χ0v) is 14.1. The van der Waals surface area contributed by atoms with Gasteiger partial charge >= 0.3 is 5.97 Å². The maximum absolute atomic E-state index is 12.2. The van der Waals surface area contributed by atoms with E-state index in [1.807, 2.05) is 0 Å². The number of rotatable bonds is 5. The number of hydrogen-bond donors (Lipinski definition) is 1. The number of halogens is 1. The van der Waals surface area contributed by atoms with Gasteiger partial charge in [-0.25, -0.2) is 4.79 Å². The highest BCUT2D eigenvalue weighted by Gasteiger charge is 2.19. The molecule has 0 aromatic heterocycles. The largest absolute Gasteiger partial charge is 0.506 e. The first kappa shape index (κ1) is 17.5. The molecular formula is C18H22ClNO3. The average Bonchev–Trinajstić information content (AvgIpc) is 2.56. The normalized spacial score (nSPS) is 17.1. The van der Waals surface area contributed by atoms with Gasteiger partial charge in [-0.05, 0) is 31.9 Å². The van der Waals surface area contributed by atoms with Crippen LogP contribution >= 0.6 is 11.6 Å². The van der Waals surface area contributed by atoms with Crippen LogP contribution in [-0.2, 0) is 9.53 Å². The zero-order valence-electron chi connectivity index (χ0n) is 13.3. The monoisotopic (exact) mass is 335 g/mol. The van der Waals surface area contributed by atoms with Crippen LogP contribution in [0.4, 0.5) is 0 Å². The molecule has 0 amide bonds. The van der Waals surface area contributed by atoms with Crippen molar-refractivity contribution in [1.82, 2.24) is 0 Å². The van der Waals surface area contributed by atoms with Gasteiger partial charge in [0.2, 0.25) is 0 Å². The summed E-state index contributed by atoms with van der Waals surface area (Å²) >= 11 is 6.10. The Bertz CT molecular complexity index is 604. The number of carbonyl (C=O) groups is 1. The van der Waals surface area contributed by atoms with Crippen LogP contribution in [0.5, 0.6) is 0 Å². The van der Waals surface area contributed by atoms with Crippen LogP contribution in [0.2, 0.25) is 5.02 Å². The smallest absolute Gasteiger partial charge is 0.343 e. The van der Waals surface area contributed by atoms with Gasteiger partial charge in [0.15, 0.2) is 0 Å². The fourth-order valence-corrected chi connectivity index (χ4v) is 2.85. The first-order valence-corrected chi connectivity index (χ1v) is 8.39. The second-order valence-corrected chi connectivity index (χ2v) is 5.94. The molecule has 5 heteroatoms. The number of nitrogens with zero attached hydrogens (tertiary/aromatic N) is 1. The van der Waals surface area contributed by atoms with Crippen molar-refractivity contribution >= 4 is 29.5 Å². The summed E-state index contributed by atoms with van der Waals surface area (Å²) in [5.41, 5.74) is 0.442. The van der Waals surface area contributed by atoms with Crippen LogP contribution in [0.15, 0.2) is 34.8 Å². The van der Waals surface area contributed by atoms with Crippen molar-refractivity contribution in [2.75, 3.05) is 6.61 Å². The van der Waals surface area contributed by atoms with E-state index in [4.69, 9.17) is 16.3 Å². The van der Waals surface area contributed by atoms with Gasteiger partial charge in [0.1, 0.15) is 11.3 Å². The van der Waals surface area contributed by atoms with E-state index in [1.165, 1.54) is 12.6 Å². The molecule has 1 aliphatic rings. The van der Waals surface area contributed by atoms with Gasteiger partial charge in [-0.15, -0.1) is 0 Å². The fraction of sp³-hybridized carbons (Fsp3) is 0.444. The maximum atomic E-state index is 12.2. The lowest BCUT2D eigenvalue weighted by Crippen LogP contribution is -2.14. The standard InChI is InChI=1S/C18H22ClNO3/c1-2-23-18(22)15(12-20-13-8-4-3-5-9-13)17(21)14-10-6-7-11-16(14)19/h6-7,10-13,21H,2-5,8-9H2,1H3. The molecule has 1 fully saturated rings. The third kappa shape index (κ3) is 4.83. The third-order valence-electron chi connectivity index (χ3n) is 3.87. The molecule has 124 valence electrons. The van der Waals surface area contributed by atoms with E-state index >= 15 is 0 Å². The lowest BCUT2D eigenvalue weighted by molar-refractivity contribution is -0.137. The Morgan fingerprint density at radius 3 is 2.70 bits per heavy atom. The van der Waals surface area contributed by atoms with E-state index in [2.05, 4.69) is 4.99 Å². The summed E-state index contributed by atoms with van der Waals surface area (Å²) in [7, 11) is 0. The number of aliphatic hydroxyl groups is 1. The van der Waals surface area contributed by atoms with Crippen LogP contribution in [0.1, 0.15) is 44.6 Å². The summed E-state index contributed by atoms with van der Waals surface area (Å²) in [5.74, 6) is -0.793. The third-order valence-corrected chi connectivity index (χ3v) is 4.20. The predicted octanol–water partition coefficient (Wildman–Crippen LogP) is 4.58. The molecule has 0 atom stereocenters. The molecule has 0 radical (unpaired) electrons. The van der Waals surface area contributed by atoms with Gasteiger partial charge in [-0.1, -0.05) is 43.0 Å². The molecule has 0 bridgehead atoms. The molecule has 1 N–H and O–H groups in total. The van der Waals surface area contributed by atoms with Crippen molar-refractivity contribution in [2.24, 2.45) is 4.99 Å². The number of hydrogen-bond acceptors (Lipinski definition) is 4. The van der Waals surface area contributed by atoms with Crippen molar-refractivity contribution < 1.29 is 14.6 Å². The molecule has 2 rings (SSSR count). The Morgan fingerprint density at radius 1 is 1.35 bits per heavy atom. The SMILES string of the molecule is CCOC(=O)C(C=NC1CCCCC1)=C(O)c1ccccc1Cl. The molecular weight excluding hydrogens is 314 g/mol. The number of esters is 1. The molecule has 0 spiro atoms. The Hall–Kier alpha value is -1.81. The summed E-state index contributed by atoms with van der Waals surface area (Å²) in [6.07, 6.45) is 7.00. The van der Waals surface area contributed by atoms with Crippen molar-refractivity contribution in [3.63, 3.8) is 0 Å². The molecule has 1 aliphatic carbocycles. The van der Waals surface area contributed by atoms with Crippen molar-refractivity contribution in [1.29, 1.82) is 0 Å². The zero-order chi connectivity index (χ0) is 16.7. The van der Waals surface area contributed by atoms with E-state index in [1.54, 1.807) is 31.2 Å². The fourth-order valence-electron chi connectivity index (χ4n) is 2.63. The van der Waals surface area contributed by atoms with Crippen LogP contribution in [0, 0.1) is 0 Å². The first-order chi connectivity index (χ1) is 11.1. The molecule has 0 aliphatic heterocycles. The number of carbonyl (C=O) groups excluding carboxylic acids is 1. The van der Waals surface area contributed by atoms with Gasteiger partial charge in [0.05, 0.1) is 11.6 Å². The lowest BCUT2D eigenvalue weighted by Gasteiger charge is -2.17. The van der Waals surface area contributed by atoms with Gasteiger partial charge < -0.3 is 9.84 Å². The molecule has 1 aromatic carbocycles. The van der Waals surface area contributed by atoms with Gasteiger partial charge in [0.25, 0.3) is 0 Å². The highest BCUT2D eigenvalue weighted by Crippen LogP contribution is 2.25. The minimum absolute atomic E-state index is 0.0468. The Morgan fingerprint density at radius 2 is 2.04 bits per heavy atom. The highest BCUT2D eigenvalue weighted by atomic mass is 35.5. The average molecular weight is 336 g/mol. The van der Waals surface area contributed by atoms with Crippen molar-refractivity contribution in [3.05, 3.63) is 40.4 Å². The number of ether oxygens (including phenoxy) is 1. The minimum atomic E-state index is -0.593. The van der Waals surface area contributed by atoms with Crippen LogP contribution in [0.25, 0.3) is 5.76 Å². The molecule has 0 saturated heterocycles. The van der Waals surface area contributed by atoms with Crippen molar-refractivity contribution in [3.8, 4) is 0 Å². The molecule has 4 nitrogen and oxygen atoms in total. The molecule has 0 heterocycles. The topological polar surface area (TPSA) is 58.9 Å². The summed E-state index contributed by atoms with van der Waals surface area (Å²) in [6, 6.07) is 7.03. The molecule has 0 unspecified atom stereocenters. The Kier molecular flexibility index (Phi) is 6.66. The second kappa shape index (κ2) is 8.73. The van der Waals surface area contributed by atoms with Gasteiger partial charge in [-0.3, -0.25) is 4.99 Å². The van der Waals surface area contributed by atoms with Crippen molar-refractivity contribution in [2.45, 2.75) is 45.1 Å². The van der Waals surface area contributed by atoms with Crippen LogP contribution in [0.3, 0.4) is 0 Å². The summed E-state index contributed by atoms with van der Waals surface area (Å²) in [6.45, 7) is 1.95. The Balaban J connectivity index is 2.32. The minimum Gasteiger partial charge on any atom is -0.506 e. The summed E-state index contributed by atoms with van der Waals surface area (Å²) in [5, 5.41) is 10.9. The molecule has 1 saturated carbocycles. The number of aliphatic hydroxyl groups excluding tert-OH is 1. The number of benzene rings is 1. The van der Waals surface area contributed by atoms with E-state index in [9.17, 15) is 9.90 Å². The number of aliphatic imine (C=N–C) groups is 1. The maximum Gasteiger partial charge on any atom is 0.343 e. The lowest BCUT2D eigenvalue weighted by atomic mass is 9.96. The molecule has 1 aromatic rings. The van der Waals surface area contributed by atoms with E-state index in [-0.39, 0.29) is 24.0 Å². The summed E-state index contributed by atoms with van der Waals surface area (Å²) in [4.78, 5) is 16.6. The van der Waals surface area contributed by atoms with E-state index < -0.39 is 5.97 Å². The van der Waals surface area contributed by atoms with Crippen LogP contribution < -0.4 is 0 Å². The Labute approximate surface area is 141 Å². The predicted molar refractivity (Wildman–Crippen MR) is 93.0 cm³/mol.